The summed E-state index contributed by atoms with van der Waals surface area (Å²) in [7, 11) is 0. The van der Waals surface area contributed by atoms with Gasteiger partial charge in [0.05, 0.1) is 0 Å². The Hall–Kier alpha value is -0.320. The Morgan fingerprint density at radius 2 is 1.50 bits per heavy atom. The Labute approximate surface area is 55.4 Å². The summed E-state index contributed by atoms with van der Waals surface area (Å²) >= 11 is 0. The van der Waals surface area contributed by atoms with Crippen LogP contribution < -0.4 is 5.32 Å². The van der Waals surface area contributed by atoms with E-state index in [1.165, 1.54) is 0 Å². The van der Waals surface area contributed by atoms with Gasteiger partial charge in [0, 0.05) is 13.1 Å². The van der Waals surface area contributed by atoms with Gasteiger partial charge in [-0.3, -0.25) is 0 Å². The van der Waals surface area contributed by atoms with Crippen LogP contribution in [0.4, 0.5) is 17.6 Å². The van der Waals surface area contributed by atoms with Crippen molar-refractivity contribution in [2.45, 2.75) is 18.3 Å². The SMILES string of the molecule is FC1CNCC(F)C1(F)F. The molecule has 1 N–H and O–H groups in total. The number of hydrogen-bond donors (Lipinski definition) is 1. The van der Waals surface area contributed by atoms with Crippen molar-refractivity contribution in [1.82, 2.24) is 5.32 Å². The van der Waals surface area contributed by atoms with Gasteiger partial charge in [0.2, 0.25) is 0 Å². The summed E-state index contributed by atoms with van der Waals surface area (Å²) in [6.07, 6.45) is -4.78. The van der Waals surface area contributed by atoms with Gasteiger partial charge >= 0.3 is 5.92 Å². The number of alkyl halides is 4. The van der Waals surface area contributed by atoms with Crippen LogP contribution in [0.2, 0.25) is 0 Å². The van der Waals surface area contributed by atoms with E-state index in [2.05, 4.69) is 5.32 Å². The molecule has 1 aliphatic heterocycles. The molecule has 0 aromatic rings. The van der Waals surface area contributed by atoms with E-state index in [-0.39, 0.29) is 0 Å². The lowest BCUT2D eigenvalue weighted by molar-refractivity contribution is -0.139. The van der Waals surface area contributed by atoms with E-state index >= 15 is 0 Å². The molecule has 0 spiro atoms. The van der Waals surface area contributed by atoms with Gasteiger partial charge in [-0.1, -0.05) is 0 Å². The normalized spacial score (nSPS) is 39.6. The predicted molar refractivity (Wildman–Crippen MR) is 27.6 cm³/mol. The largest absolute Gasteiger partial charge is 0.311 e. The van der Waals surface area contributed by atoms with Crippen molar-refractivity contribution in [3.8, 4) is 0 Å². The van der Waals surface area contributed by atoms with Crippen molar-refractivity contribution in [3.63, 3.8) is 0 Å². The Morgan fingerprint density at radius 1 is 1.10 bits per heavy atom. The highest BCUT2D eigenvalue weighted by Crippen LogP contribution is 2.29. The minimum atomic E-state index is -3.80. The van der Waals surface area contributed by atoms with Crippen LogP contribution in [0.3, 0.4) is 0 Å². The third-order valence-electron chi connectivity index (χ3n) is 1.48. The molecule has 60 valence electrons. The predicted octanol–water partition coefficient (Wildman–Crippen LogP) is 0.901. The first kappa shape index (κ1) is 7.78. The summed E-state index contributed by atoms with van der Waals surface area (Å²) < 4.78 is 48.7. The lowest BCUT2D eigenvalue weighted by Gasteiger charge is -2.29. The molecule has 0 saturated carbocycles. The van der Waals surface area contributed by atoms with Gasteiger partial charge in [-0.15, -0.1) is 0 Å². The molecule has 2 unspecified atom stereocenters. The van der Waals surface area contributed by atoms with Crippen molar-refractivity contribution in [3.05, 3.63) is 0 Å². The second-order valence-electron chi connectivity index (χ2n) is 2.27. The Balaban J connectivity index is 2.63. The van der Waals surface area contributed by atoms with Gasteiger partial charge in [0.1, 0.15) is 0 Å². The zero-order chi connectivity index (χ0) is 7.78. The maximum atomic E-state index is 12.2. The Kier molecular flexibility index (Phi) is 1.85. The first-order valence-electron chi connectivity index (χ1n) is 2.92. The summed E-state index contributed by atoms with van der Waals surface area (Å²) in [5.41, 5.74) is 0. The zero-order valence-corrected chi connectivity index (χ0v) is 5.08. The topological polar surface area (TPSA) is 12.0 Å². The molecule has 10 heavy (non-hydrogen) atoms. The van der Waals surface area contributed by atoms with Crippen LogP contribution >= 0.6 is 0 Å². The van der Waals surface area contributed by atoms with E-state index in [0.717, 1.165) is 0 Å². The highest BCUT2D eigenvalue weighted by atomic mass is 19.3. The van der Waals surface area contributed by atoms with Crippen LogP contribution in [0, 0.1) is 0 Å². The highest BCUT2D eigenvalue weighted by molar-refractivity contribution is 4.91. The molecule has 1 saturated heterocycles. The first-order chi connectivity index (χ1) is 4.55. The first-order valence-corrected chi connectivity index (χ1v) is 2.92. The molecule has 1 fully saturated rings. The minimum absolute atomic E-state index is 0.465. The third kappa shape index (κ3) is 1.10. The number of hydrogen-bond acceptors (Lipinski definition) is 1. The summed E-state index contributed by atoms with van der Waals surface area (Å²) in [6, 6.07) is 0. The van der Waals surface area contributed by atoms with Gasteiger partial charge in [-0.05, 0) is 0 Å². The van der Waals surface area contributed by atoms with Crippen LogP contribution in [-0.2, 0) is 0 Å². The number of piperidine rings is 1. The lowest BCUT2D eigenvalue weighted by Crippen LogP contribution is -2.54. The zero-order valence-electron chi connectivity index (χ0n) is 5.08. The van der Waals surface area contributed by atoms with Crippen LogP contribution in [-0.4, -0.2) is 31.4 Å². The van der Waals surface area contributed by atoms with Crippen molar-refractivity contribution in [2.75, 3.05) is 13.1 Å². The molecule has 1 heterocycles. The fourth-order valence-electron chi connectivity index (χ4n) is 0.805. The van der Waals surface area contributed by atoms with Crippen LogP contribution in [0.5, 0.6) is 0 Å². The molecule has 0 amide bonds. The molecule has 1 rings (SSSR count). The van der Waals surface area contributed by atoms with Gasteiger partial charge in [0.15, 0.2) is 12.3 Å². The summed E-state index contributed by atoms with van der Waals surface area (Å²) in [4.78, 5) is 0. The second-order valence-corrected chi connectivity index (χ2v) is 2.27. The number of nitrogens with one attached hydrogen (secondary N) is 1. The van der Waals surface area contributed by atoms with E-state index in [4.69, 9.17) is 0 Å². The molecular formula is C5H7F4N. The highest BCUT2D eigenvalue weighted by Gasteiger charge is 2.50. The second kappa shape index (κ2) is 2.38. The molecule has 0 aromatic carbocycles. The molecule has 1 aliphatic rings. The fourth-order valence-corrected chi connectivity index (χ4v) is 0.805. The summed E-state index contributed by atoms with van der Waals surface area (Å²) in [6.45, 7) is -0.930. The third-order valence-corrected chi connectivity index (χ3v) is 1.48. The van der Waals surface area contributed by atoms with E-state index < -0.39 is 31.4 Å². The number of halogens is 4. The molecule has 0 radical (unpaired) electrons. The smallest absolute Gasteiger partial charge is 0.310 e. The molecule has 0 aliphatic carbocycles. The summed E-state index contributed by atoms with van der Waals surface area (Å²) in [5.74, 6) is -3.80. The average Bonchev–Trinajstić information content (AvgIpc) is 1.84. The van der Waals surface area contributed by atoms with Crippen molar-refractivity contribution < 1.29 is 17.6 Å². The van der Waals surface area contributed by atoms with Crippen LogP contribution in [0.15, 0.2) is 0 Å². The Bertz CT molecular complexity index is 115. The van der Waals surface area contributed by atoms with E-state index in [9.17, 15) is 17.6 Å². The van der Waals surface area contributed by atoms with E-state index in [1.807, 2.05) is 0 Å². The molecule has 2 atom stereocenters. The monoisotopic (exact) mass is 157 g/mol. The average molecular weight is 157 g/mol. The van der Waals surface area contributed by atoms with Crippen molar-refractivity contribution in [2.24, 2.45) is 0 Å². The maximum Gasteiger partial charge on any atom is 0.311 e. The molecule has 5 heteroatoms. The molecule has 0 aromatic heterocycles. The minimum Gasteiger partial charge on any atom is -0.310 e. The van der Waals surface area contributed by atoms with Crippen molar-refractivity contribution >= 4 is 0 Å². The number of rotatable bonds is 0. The molecule has 0 bridgehead atoms. The fraction of sp³-hybridized carbons (Fsp3) is 1.00. The molecule has 1 nitrogen and oxygen atoms in total. The van der Waals surface area contributed by atoms with Gasteiger partial charge < -0.3 is 5.32 Å². The lowest BCUT2D eigenvalue weighted by atomic mass is 10.1. The Morgan fingerprint density at radius 3 is 1.80 bits per heavy atom. The van der Waals surface area contributed by atoms with Crippen molar-refractivity contribution in [1.29, 1.82) is 0 Å². The van der Waals surface area contributed by atoms with Gasteiger partial charge in [0.25, 0.3) is 0 Å². The van der Waals surface area contributed by atoms with Crippen LogP contribution in [0.1, 0.15) is 0 Å². The maximum absolute atomic E-state index is 12.2. The standard InChI is InChI=1S/C5H7F4N/c6-3-1-10-2-4(7)5(3,8)9/h3-4,10H,1-2H2. The molecular weight excluding hydrogens is 150 g/mol. The van der Waals surface area contributed by atoms with Crippen LogP contribution in [0.25, 0.3) is 0 Å². The van der Waals surface area contributed by atoms with E-state index in [1.54, 1.807) is 0 Å². The van der Waals surface area contributed by atoms with E-state index in [0.29, 0.717) is 0 Å². The van der Waals surface area contributed by atoms with Gasteiger partial charge in [-0.2, -0.15) is 0 Å². The summed E-state index contributed by atoms with van der Waals surface area (Å²) in [5, 5.41) is 2.21. The quantitative estimate of drug-likeness (QED) is 0.515. The van der Waals surface area contributed by atoms with Gasteiger partial charge in [-0.25, -0.2) is 17.6 Å².